The third kappa shape index (κ3) is 4.27. The molecule has 0 N–H and O–H groups in total. The van der Waals surface area contributed by atoms with Crippen molar-refractivity contribution in [2.24, 2.45) is 4.99 Å². The van der Waals surface area contributed by atoms with E-state index in [0.29, 0.717) is 26.5 Å². The number of aliphatic imine (C=N–C) groups is 1. The predicted molar refractivity (Wildman–Crippen MR) is 118 cm³/mol. The van der Waals surface area contributed by atoms with Crippen LogP contribution in [0, 0.1) is 5.82 Å². The van der Waals surface area contributed by atoms with Crippen LogP contribution < -0.4 is 4.90 Å². The molecule has 0 bridgehead atoms. The second kappa shape index (κ2) is 7.85. The second-order valence-electron chi connectivity index (χ2n) is 7.12. The Balaban J connectivity index is 1.65. The lowest BCUT2D eigenvalue weighted by Gasteiger charge is -2.27. The molecule has 4 rings (SSSR count). The molecule has 0 aliphatic carbocycles. The summed E-state index contributed by atoms with van der Waals surface area (Å²) in [6.45, 7) is 1.49. The van der Waals surface area contributed by atoms with Gasteiger partial charge in [0.1, 0.15) is 5.82 Å². The summed E-state index contributed by atoms with van der Waals surface area (Å²) in [5, 5.41) is 0.651. The Kier molecular flexibility index (Phi) is 5.56. The van der Waals surface area contributed by atoms with Crippen LogP contribution in [0.15, 0.2) is 51.9 Å². The van der Waals surface area contributed by atoms with Crippen molar-refractivity contribution in [1.82, 2.24) is 0 Å². The van der Waals surface area contributed by atoms with E-state index < -0.39 is 9.84 Å². The van der Waals surface area contributed by atoms with Gasteiger partial charge in [-0.3, -0.25) is 9.79 Å². The number of hydrogen-bond acceptors (Lipinski definition) is 6. The maximum absolute atomic E-state index is 14.2. The van der Waals surface area contributed by atoms with E-state index in [9.17, 15) is 17.6 Å². The summed E-state index contributed by atoms with van der Waals surface area (Å²) in [4.78, 5) is 18.3. The molecule has 2 aliphatic rings. The molecule has 152 valence electrons. The van der Waals surface area contributed by atoms with Gasteiger partial charge in [-0.05, 0) is 36.8 Å². The number of nitrogens with zero attached hydrogens (tertiary/aromatic N) is 2. The molecular formula is C20H18BrFN2O3S2. The average molecular weight is 497 g/mol. The molecule has 2 unspecified atom stereocenters. The number of sulfone groups is 1. The lowest BCUT2D eigenvalue weighted by atomic mass is 10.1. The summed E-state index contributed by atoms with van der Waals surface area (Å²) in [7, 11) is -3.17. The fraction of sp³-hybridized carbons (Fsp3) is 0.300. The van der Waals surface area contributed by atoms with Crippen LogP contribution in [0.5, 0.6) is 0 Å². The van der Waals surface area contributed by atoms with E-state index in [1.54, 1.807) is 30.3 Å². The second-order valence-corrected chi connectivity index (χ2v) is 11.1. The third-order valence-electron chi connectivity index (χ3n) is 5.01. The molecule has 0 saturated carbocycles. The van der Waals surface area contributed by atoms with Gasteiger partial charge in [0, 0.05) is 21.5 Å². The zero-order chi connectivity index (χ0) is 20.8. The number of anilines is 1. The van der Waals surface area contributed by atoms with Crippen molar-refractivity contribution < 1.29 is 17.6 Å². The monoisotopic (exact) mass is 496 g/mol. The first-order valence-corrected chi connectivity index (χ1v) is 12.6. The molecule has 1 saturated heterocycles. The minimum Gasteiger partial charge on any atom is -0.315 e. The average Bonchev–Trinajstić information content (AvgIpc) is 3.12. The van der Waals surface area contributed by atoms with Crippen molar-refractivity contribution in [1.29, 1.82) is 0 Å². The topological polar surface area (TPSA) is 66.8 Å². The third-order valence-corrected chi connectivity index (χ3v) is 8.22. The highest BCUT2D eigenvalue weighted by molar-refractivity contribution is 9.10. The molecule has 0 radical (unpaired) electrons. The number of carbonyl (C=O) groups is 1. The number of thioether (sulfide) groups is 1. The maximum atomic E-state index is 14.2. The van der Waals surface area contributed by atoms with Crippen molar-refractivity contribution in [3.05, 3.63) is 63.9 Å². The van der Waals surface area contributed by atoms with Gasteiger partial charge in [0.2, 0.25) is 0 Å². The first-order chi connectivity index (χ1) is 13.7. The van der Waals surface area contributed by atoms with Gasteiger partial charge >= 0.3 is 0 Å². The van der Waals surface area contributed by atoms with Crippen molar-refractivity contribution in [3.8, 4) is 0 Å². The summed E-state index contributed by atoms with van der Waals surface area (Å²) >= 11 is 4.62. The highest BCUT2D eigenvalue weighted by atomic mass is 79.9. The zero-order valence-electron chi connectivity index (χ0n) is 15.5. The van der Waals surface area contributed by atoms with E-state index in [1.807, 2.05) is 11.0 Å². The highest BCUT2D eigenvalue weighted by Crippen LogP contribution is 2.36. The van der Waals surface area contributed by atoms with Crippen LogP contribution in [0.1, 0.15) is 22.8 Å². The summed E-state index contributed by atoms with van der Waals surface area (Å²) < 4.78 is 39.2. The Morgan fingerprint density at radius 2 is 2.07 bits per heavy atom. The fourth-order valence-electron chi connectivity index (χ4n) is 3.59. The number of amidine groups is 1. The van der Waals surface area contributed by atoms with Crippen LogP contribution >= 0.6 is 27.7 Å². The Morgan fingerprint density at radius 3 is 2.79 bits per heavy atom. The molecule has 0 spiro atoms. The van der Waals surface area contributed by atoms with E-state index >= 15 is 0 Å². The number of hydrogen-bond donors (Lipinski definition) is 0. The summed E-state index contributed by atoms with van der Waals surface area (Å²) in [6.07, 6.45) is 0. The SMILES string of the molecule is CC(=O)c1cccc(N2C(SCc3ccc(Br)cc3F)=NC3CS(=O)(=O)CC32)c1. The Morgan fingerprint density at radius 1 is 1.28 bits per heavy atom. The van der Waals surface area contributed by atoms with Crippen LogP contribution in [-0.4, -0.2) is 43.0 Å². The smallest absolute Gasteiger partial charge is 0.164 e. The van der Waals surface area contributed by atoms with E-state index in [2.05, 4.69) is 20.9 Å². The molecule has 29 heavy (non-hydrogen) atoms. The van der Waals surface area contributed by atoms with E-state index in [4.69, 9.17) is 0 Å². The number of carbonyl (C=O) groups excluding carboxylic acids is 1. The minimum atomic E-state index is -3.17. The highest BCUT2D eigenvalue weighted by Gasteiger charge is 2.47. The zero-order valence-corrected chi connectivity index (χ0v) is 18.7. The number of halogens is 2. The molecule has 2 aromatic carbocycles. The van der Waals surface area contributed by atoms with Crippen LogP contribution in [0.4, 0.5) is 10.1 Å². The van der Waals surface area contributed by atoms with Gasteiger partial charge in [0.15, 0.2) is 20.8 Å². The van der Waals surface area contributed by atoms with Gasteiger partial charge in [-0.2, -0.15) is 0 Å². The fourth-order valence-corrected chi connectivity index (χ4v) is 6.88. The van der Waals surface area contributed by atoms with Crippen LogP contribution in [0.2, 0.25) is 0 Å². The largest absolute Gasteiger partial charge is 0.315 e. The number of fused-ring (bicyclic) bond motifs is 1. The summed E-state index contributed by atoms with van der Waals surface area (Å²) in [5.74, 6) is 0.0232. The lowest BCUT2D eigenvalue weighted by Crippen LogP contribution is -2.39. The Bertz CT molecular complexity index is 1120. The lowest BCUT2D eigenvalue weighted by molar-refractivity contribution is 0.101. The maximum Gasteiger partial charge on any atom is 0.164 e. The molecule has 0 amide bonds. The van der Waals surface area contributed by atoms with Crippen molar-refractivity contribution >= 4 is 54.2 Å². The summed E-state index contributed by atoms with van der Waals surface area (Å²) in [5.41, 5.74) is 1.82. The molecule has 2 atom stereocenters. The molecule has 9 heteroatoms. The first kappa shape index (κ1) is 20.6. The number of ketones is 1. The van der Waals surface area contributed by atoms with Gasteiger partial charge < -0.3 is 4.90 Å². The van der Waals surface area contributed by atoms with Crippen LogP contribution in [0.25, 0.3) is 0 Å². The number of rotatable bonds is 4. The number of Topliss-reactive ketones (excluding diaryl/α,β-unsaturated/α-hetero) is 1. The van der Waals surface area contributed by atoms with Crippen molar-refractivity contribution in [2.45, 2.75) is 24.8 Å². The molecule has 2 aromatic rings. The van der Waals surface area contributed by atoms with Gasteiger partial charge in [0.05, 0.1) is 23.6 Å². The Hall–Kier alpha value is -1.71. The molecule has 1 fully saturated rings. The molecule has 0 aromatic heterocycles. The van der Waals surface area contributed by atoms with Gasteiger partial charge in [-0.25, -0.2) is 12.8 Å². The molecule has 2 heterocycles. The summed E-state index contributed by atoms with van der Waals surface area (Å²) in [6, 6.07) is 11.4. The van der Waals surface area contributed by atoms with Gasteiger partial charge in [0.25, 0.3) is 0 Å². The number of benzene rings is 2. The van der Waals surface area contributed by atoms with E-state index in [-0.39, 0.29) is 35.2 Å². The quantitative estimate of drug-likeness (QED) is 0.596. The predicted octanol–water partition coefficient (Wildman–Crippen LogP) is 4.07. The van der Waals surface area contributed by atoms with Gasteiger partial charge in [-0.1, -0.05) is 45.9 Å². The van der Waals surface area contributed by atoms with Crippen LogP contribution in [0.3, 0.4) is 0 Å². The van der Waals surface area contributed by atoms with E-state index in [1.165, 1.54) is 24.8 Å². The normalized spacial score (nSPS) is 22.4. The molecular weight excluding hydrogens is 479 g/mol. The molecule has 2 aliphatic heterocycles. The van der Waals surface area contributed by atoms with Crippen LogP contribution in [-0.2, 0) is 15.6 Å². The first-order valence-electron chi connectivity index (χ1n) is 8.99. The van der Waals surface area contributed by atoms with Crippen molar-refractivity contribution in [3.63, 3.8) is 0 Å². The van der Waals surface area contributed by atoms with Gasteiger partial charge in [-0.15, -0.1) is 0 Å². The minimum absolute atomic E-state index is 0.0112. The van der Waals surface area contributed by atoms with Crippen molar-refractivity contribution in [2.75, 3.05) is 16.4 Å². The Labute approximate surface area is 181 Å². The standard InChI is InChI=1S/C20H18BrFN2O3S2/c1-12(25)13-3-2-4-16(7-13)24-19-11-29(26,27)10-18(19)23-20(24)28-9-14-5-6-15(21)8-17(14)22/h2-8,18-19H,9-11H2,1H3. The van der Waals surface area contributed by atoms with E-state index in [0.717, 1.165) is 5.69 Å². The molecule has 5 nitrogen and oxygen atoms in total.